The second-order valence-electron chi connectivity index (χ2n) is 4.78. The second-order valence-corrected chi connectivity index (χ2v) is 4.78. The molecule has 0 bridgehead atoms. The second kappa shape index (κ2) is 3.88. The molecule has 1 nitrogen and oxygen atoms in total. The predicted molar refractivity (Wildman–Crippen MR) is 66.7 cm³/mol. The van der Waals surface area contributed by atoms with Gasteiger partial charge in [0.05, 0.1) is 0 Å². The van der Waals surface area contributed by atoms with E-state index < -0.39 is 0 Å². The first kappa shape index (κ1) is 10.5. The Morgan fingerprint density at radius 2 is 2.00 bits per heavy atom. The van der Waals surface area contributed by atoms with Crippen LogP contribution in [0.3, 0.4) is 0 Å². The van der Waals surface area contributed by atoms with Crippen LogP contribution in [-0.2, 0) is 6.42 Å². The van der Waals surface area contributed by atoms with Crippen LogP contribution >= 0.6 is 0 Å². The lowest BCUT2D eigenvalue weighted by molar-refractivity contribution is 0.625. The molecule has 1 heteroatoms. The third-order valence-electron chi connectivity index (χ3n) is 3.84. The summed E-state index contributed by atoms with van der Waals surface area (Å²) in [7, 11) is 2.20. The Morgan fingerprint density at radius 3 is 2.67 bits per heavy atom. The van der Waals surface area contributed by atoms with Crippen molar-refractivity contribution in [3.8, 4) is 0 Å². The highest BCUT2D eigenvalue weighted by molar-refractivity contribution is 5.61. The number of fused-ring (bicyclic) bond motifs is 1. The molecule has 2 atom stereocenters. The Morgan fingerprint density at radius 1 is 1.27 bits per heavy atom. The van der Waals surface area contributed by atoms with Gasteiger partial charge in [0.25, 0.3) is 0 Å². The Labute approximate surface area is 93.1 Å². The van der Waals surface area contributed by atoms with Crippen LogP contribution < -0.4 is 4.90 Å². The minimum atomic E-state index is 0.636. The molecule has 0 aliphatic carbocycles. The highest BCUT2D eigenvalue weighted by Crippen LogP contribution is 2.39. The van der Waals surface area contributed by atoms with Gasteiger partial charge in [0.2, 0.25) is 0 Å². The maximum atomic E-state index is 2.41. The Balaban J connectivity index is 2.38. The first-order valence-electron chi connectivity index (χ1n) is 6.00. The first-order chi connectivity index (χ1) is 7.15. The maximum absolute atomic E-state index is 2.41. The maximum Gasteiger partial charge on any atom is 0.0402 e. The van der Waals surface area contributed by atoms with Crippen LogP contribution in [-0.4, -0.2) is 13.1 Å². The molecule has 0 radical (unpaired) electrons. The first-order valence-corrected chi connectivity index (χ1v) is 6.00. The average Bonchev–Trinajstić information content (AvgIpc) is 2.45. The Hall–Kier alpha value is -0.980. The third-order valence-corrected chi connectivity index (χ3v) is 3.84. The van der Waals surface area contributed by atoms with Gasteiger partial charge < -0.3 is 4.90 Å². The Bertz CT molecular complexity index is 356. The van der Waals surface area contributed by atoms with Gasteiger partial charge in [-0.2, -0.15) is 0 Å². The van der Waals surface area contributed by atoms with Crippen molar-refractivity contribution in [2.45, 2.75) is 45.6 Å². The fourth-order valence-electron chi connectivity index (χ4n) is 2.55. The van der Waals surface area contributed by atoms with Crippen molar-refractivity contribution in [2.24, 2.45) is 0 Å². The van der Waals surface area contributed by atoms with Gasteiger partial charge >= 0.3 is 0 Å². The molecule has 82 valence electrons. The lowest BCUT2D eigenvalue weighted by atomic mass is 9.96. The van der Waals surface area contributed by atoms with Crippen molar-refractivity contribution in [2.75, 3.05) is 11.9 Å². The van der Waals surface area contributed by atoms with Crippen molar-refractivity contribution in [3.05, 3.63) is 29.3 Å². The number of hydrogen-bond donors (Lipinski definition) is 0. The molecule has 0 amide bonds. The van der Waals surface area contributed by atoms with Crippen LogP contribution in [0, 0.1) is 0 Å². The molecule has 0 fully saturated rings. The lowest BCUT2D eigenvalue weighted by Crippen LogP contribution is -2.25. The molecular weight excluding hydrogens is 182 g/mol. The molecular formula is C14H21N. The number of hydrogen-bond acceptors (Lipinski definition) is 1. The Kier molecular flexibility index (Phi) is 2.72. The van der Waals surface area contributed by atoms with E-state index in [0.717, 1.165) is 0 Å². The largest absolute Gasteiger partial charge is 0.371 e. The molecule has 1 aromatic rings. The highest BCUT2D eigenvalue weighted by atomic mass is 15.2. The molecule has 1 heterocycles. The van der Waals surface area contributed by atoms with E-state index in [1.807, 2.05) is 0 Å². The standard InChI is InChI=1S/C14H21N/c1-5-6-12-7-8-14-13(9-12)10(2)11(3)15(14)4/h7-11H,5-6H2,1-4H3. The molecule has 2 unspecified atom stereocenters. The summed E-state index contributed by atoms with van der Waals surface area (Å²) in [6, 6.07) is 7.62. The van der Waals surface area contributed by atoms with E-state index in [1.165, 1.54) is 29.7 Å². The van der Waals surface area contributed by atoms with Gasteiger partial charge in [-0.1, -0.05) is 32.4 Å². The molecule has 0 N–H and O–H groups in total. The summed E-state index contributed by atoms with van der Waals surface area (Å²) in [6.07, 6.45) is 2.44. The smallest absolute Gasteiger partial charge is 0.0402 e. The topological polar surface area (TPSA) is 3.24 Å². The van der Waals surface area contributed by atoms with E-state index in [9.17, 15) is 0 Å². The van der Waals surface area contributed by atoms with E-state index in [2.05, 4.69) is 50.9 Å². The monoisotopic (exact) mass is 203 g/mol. The van der Waals surface area contributed by atoms with Gasteiger partial charge in [0.1, 0.15) is 0 Å². The molecule has 2 rings (SSSR count). The van der Waals surface area contributed by atoms with Gasteiger partial charge in [0, 0.05) is 24.7 Å². The number of likely N-dealkylation sites (N-methyl/N-ethyl adjacent to an activating group) is 1. The van der Waals surface area contributed by atoms with Crippen LogP contribution in [0.5, 0.6) is 0 Å². The van der Waals surface area contributed by atoms with Crippen molar-refractivity contribution in [1.82, 2.24) is 0 Å². The minimum Gasteiger partial charge on any atom is -0.371 e. The molecule has 0 saturated carbocycles. The summed E-state index contributed by atoms with van der Waals surface area (Å²) < 4.78 is 0. The van der Waals surface area contributed by atoms with Gasteiger partial charge in [-0.05, 0) is 30.5 Å². The number of aryl methyl sites for hydroxylation is 1. The number of rotatable bonds is 2. The minimum absolute atomic E-state index is 0.636. The molecule has 1 aliphatic rings. The molecule has 1 aromatic carbocycles. The van der Waals surface area contributed by atoms with Crippen LogP contribution in [0.4, 0.5) is 5.69 Å². The third kappa shape index (κ3) is 1.64. The highest BCUT2D eigenvalue weighted by Gasteiger charge is 2.29. The van der Waals surface area contributed by atoms with E-state index >= 15 is 0 Å². The fraction of sp³-hybridized carbons (Fsp3) is 0.571. The van der Waals surface area contributed by atoms with Gasteiger partial charge in [-0.25, -0.2) is 0 Å². The zero-order valence-corrected chi connectivity index (χ0v) is 10.2. The summed E-state index contributed by atoms with van der Waals surface area (Å²) in [5, 5.41) is 0. The summed E-state index contributed by atoms with van der Waals surface area (Å²) in [6.45, 7) is 6.89. The summed E-state index contributed by atoms with van der Waals surface area (Å²) in [4.78, 5) is 2.40. The van der Waals surface area contributed by atoms with Crippen LogP contribution in [0.25, 0.3) is 0 Å². The van der Waals surface area contributed by atoms with Crippen molar-refractivity contribution < 1.29 is 0 Å². The number of benzene rings is 1. The van der Waals surface area contributed by atoms with E-state index in [-0.39, 0.29) is 0 Å². The molecule has 0 saturated heterocycles. The zero-order valence-electron chi connectivity index (χ0n) is 10.2. The summed E-state index contributed by atoms with van der Waals surface area (Å²) in [5.74, 6) is 0.668. The van der Waals surface area contributed by atoms with Gasteiger partial charge in [-0.3, -0.25) is 0 Å². The van der Waals surface area contributed by atoms with Crippen molar-refractivity contribution >= 4 is 5.69 Å². The predicted octanol–water partition coefficient (Wildman–Crippen LogP) is 3.58. The van der Waals surface area contributed by atoms with Crippen molar-refractivity contribution in [1.29, 1.82) is 0 Å². The van der Waals surface area contributed by atoms with Crippen LogP contribution in [0.2, 0.25) is 0 Å². The average molecular weight is 203 g/mol. The van der Waals surface area contributed by atoms with Crippen molar-refractivity contribution in [3.63, 3.8) is 0 Å². The summed E-state index contributed by atoms with van der Waals surface area (Å²) in [5.41, 5.74) is 4.46. The number of anilines is 1. The van der Waals surface area contributed by atoms with E-state index in [1.54, 1.807) is 0 Å². The van der Waals surface area contributed by atoms with Gasteiger partial charge in [0.15, 0.2) is 0 Å². The fourth-order valence-corrected chi connectivity index (χ4v) is 2.55. The quantitative estimate of drug-likeness (QED) is 0.710. The molecule has 1 aliphatic heterocycles. The summed E-state index contributed by atoms with van der Waals surface area (Å²) >= 11 is 0. The lowest BCUT2D eigenvalue weighted by Gasteiger charge is -2.20. The normalized spacial score (nSPS) is 24.4. The van der Waals surface area contributed by atoms with Crippen LogP contribution in [0.1, 0.15) is 44.2 Å². The SMILES string of the molecule is CCCc1ccc2c(c1)C(C)C(C)N2C. The molecule has 15 heavy (non-hydrogen) atoms. The van der Waals surface area contributed by atoms with Crippen LogP contribution in [0.15, 0.2) is 18.2 Å². The molecule has 0 spiro atoms. The van der Waals surface area contributed by atoms with E-state index in [4.69, 9.17) is 0 Å². The zero-order chi connectivity index (χ0) is 11.0. The van der Waals surface area contributed by atoms with E-state index in [0.29, 0.717) is 12.0 Å². The number of nitrogens with zero attached hydrogens (tertiary/aromatic N) is 1. The molecule has 0 aromatic heterocycles. The van der Waals surface area contributed by atoms with Gasteiger partial charge in [-0.15, -0.1) is 0 Å².